The fourth-order valence-electron chi connectivity index (χ4n) is 3.21. The highest BCUT2D eigenvalue weighted by Crippen LogP contribution is 2.32. The van der Waals surface area contributed by atoms with Crippen LogP contribution in [-0.2, 0) is 9.47 Å². The van der Waals surface area contributed by atoms with Crippen LogP contribution in [-0.4, -0.2) is 54.4 Å². The first-order valence-corrected chi connectivity index (χ1v) is 8.88. The van der Waals surface area contributed by atoms with Crippen LogP contribution in [0.15, 0.2) is 24.4 Å². The molecule has 0 atom stereocenters. The summed E-state index contributed by atoms with van der Waals surface area (Å²) in [6.45, 7) is 2.86. The third-order valence-electron chi connectivity index (χ3n) is 4.59. The molecule has 0 aliphatic carbocycles. The Morgan fingerprint density at radius 2 is 2.00 bits per heavy atom. The highest BCUT2D eigenvalue weighted by molar-refractivity contribution is 6.32. The van der Waals surface area contributed by atoms with Gasteiger partial charge in [-0.3, -0.25) is 0 Å². The van der Waals surface area contributed by atoms with E-state index < -0.39 is 5.79 Å². The lowest BCUT2D eigenvalue weighted by atomic mass is 10.0. The second kappa shape index (κ2) is 7.22. The Balaban J connectivity index is 1.44. The third-order valence-corrected chi connectivity index (χ3v) is 4.89. The molecule has 4 rings (SSSR count). The predicted octanol–water partition coefficient (Wildman–Crippen LogP) is 2.62. The normalized spacial score (nSPS) is 18.9. The van der Waals surface area contributed by atoms with Crippen LogP contribution in [0, 0.1) is 0 Å². The molecular formula is C17H20ClN5O3. The summed E-state index contributed by atoms with van der Waals surface area (Å²) in [6, 6.07) is 5.44. The number of ether oxygens (including phenoxy) is 3. The fraction of sp³-hybridized carbons (Fsp3) is 0.471. The van der Waals surface area contributed by atoms with Gasteiger partial charge in [0.15, 0.2) is 11.6 Å². The number of aromatic nitrogens is 3. The van der Waals surface area contributed by atoms with Crippen molar-refractivity contribution in [3.05, 3.63) is 29.4 Å². The van der Waals surface area contributed by atoms with Gasteiger partial charge in [0.2, 0.25) is 5.95 Å². The van der Waals surface area contributed by atoms with Gasteiger partial charge in [0.1, 0.15) is 5.75 Å². The van der Waals surface area contributed by atoms with Crippen LogP contribution >= 0.6 is 11.6 Å². The molecule has 0 unspecified atom stereocenters. The topological polar surface area (TPSA) is 81.6 Å². The van der Waals surface area contributed by atoms with Crippen LogP contribution < -0.4 is 15.0 Å². The van der Waals surface area contributed by atoms with Crippen molar-refractivity contribution in [2.45, 2.75) is 18.6 Å². The Labute approximate surface area is 156 Å². The molecule has 3 heterocycles. The van der Waals surface area contributed by atoms with Gasteiger partial charge in [0, 0.05) is 31.6 Å². The average Bonchev–Trinajstić information content (AvgIpc) is 3.11. The molecule has 2 fully saturated rings. The van der Waals surface area contributed by atoms with Gasteiger partial charge in [-0.2, -0.15) is 10.1 Å². The van der Waals surface area contributed by atoms with Gasteiger partial charge in [0.05, 0.1) is 31.5 Å². The summed E-state index contributed by atoms with van der Waals surface area (Å²) in [4.78, 5) is 6.66. The van der Waals surface area contributed by atoms with E-state index in [4.69, 9.17) is 25.8 Å². The fourth-order valence-corrected chi connectivity index (χ4v) is 3.47. The zero-order valence-corrected chi connectivity index (χ0v) is 15.2. The summed E-state index contributed by atoms with van der Waals surface area (Å²) >= 11 is 6.16. The number of benzene rings is 1. The van der Waals surface area contributed by atoms with Crippen molar-refractivity contribution in [1.82, 2.24) is 15.2 Å². The first-order chi connectivity index (χ1) is 12.7. The van der Waals surface area contributed by atoms with Crippen molar-refractivity contribution in [3.63, 3.8) is 0 Å². The highest BCUT2D eigenvalue weighted by Gasteiger charge is 2.40. The molecule has 26 heavy (non-hydrogen) atoms. The quantitative estimate of drug-likeness (QED) is 0.870. The van der Waals surface area contributed by atoms with Crippen molar-refractivity contribution >= 4 is 29.1 Å². The van der Waals surface area contributed by atoms with Crippen molar-refractivity contribution < 1.29 is 14.2 Å². The van der Waals surface area contributed by atoms with Gasteiger partial charge >= 0.3 is 0 Å². The lowest BCUT2D eigenvalue weighted by molar-refractivity contribution is -0.169. The Morgan fingerprint density at radius 1 is 1.23 bits per heavy atom. The molecule has 1 spiro atoms. The second-order valence-electron chi connectivity index (χ2n) is 6.21. The Bertz CT molecular complexity index is 775. The van der Waals surface area contributed by atoms with Crippen molar-refractivity contribution in [2.24, 2.45) is 0 Å². The van der Waals surface area contributed by atoms with Crippen LogP contribution in [0.25, 0.3) is 0 Å². The smallest absolute Gasteiger partial charge is 0.247 e. The molecule has 2 saturated heterocycles. The van der Waals surface area contributed by atoms with Crippen LogP contribution in [0.3, 0.4) is 0 Å². The summed E-state index contributed by atoms with van der Waals surface area (Å²) < 4.78 is 16.7. The SMILES string of the molecule is COc1ccc(Nc2cnnc(N3CCC4(CC3)OCCO4)n2)cc1Cl. The molecule has 1 N–H and O–H groups in total. The molecule has 2 aromatic rings. The monoisotopic (exact) mass is 377 g/mol. The van der Waals surface area contributed by atoms with Crippen LogP contribution in [0.4, 0.5) is 17.5 Å². The van der Waals surface area contributed by atoms with Gasteiger partial charge < -0.3 is 24.4 Å². The second-order valence-corrected chi connectivity index (χ2v) is 6.62. The van der Waals surface area contributed by atoms with E-state index in [1.54, 1.807) is 25.4 Å². The summed E-state index contributed by atoms with van der Waals surface area (Å²) in [5.41, 5.74) is 0.799. The van der Waals surface area contributed by atoms with Crippen molar-refractivity contribution in [2.75, 3.05) is 43.6 Å². The van der Waals surface area contributed by atoms with Crippen molar-refractivity contribution in [1.29, 1.82) is 0 Å². The first kappa shape index (κ1) is 17.3. The van der Waals surface area contributed by atoms with E-state index in [2.05, 4.69) is 25.4 Å². The Kier molecular flexibility index (Phi) is 4.80. The minimum absolute atomic E-state index is 0.417. The van der Waals surface area contributed by atoms with Gasteiger partial charge in [-0.25, -0.2) is 0 Å². The third kappa shape index (κ3) is 3.53. The molecule has 0 bridgehead atoms. The highest BCUT2D eigenvalue weighted by atomic mass is 35.5. The maximum absolute atomic E-state index is 6.16. The van der Waals surface area contributed by atoms with E-state index >= 15 is 0 Å². The summed E-state index contributed by atoms with van der Waals surface area (Å²) in [5.74, 6) is 1.39. The van der Waals surface area contributed by atoms with E-state index in [1.165, 1.54) is 0 Å². The first-order valence-electron chi connectivity index (χ1n) is 8.51. The van der Waals surface area contributed by atoms with Gasteiger partial charge in [0.25, 0.3) is 0 Å². The minimum atomic E-state index is -0.417. The predicted molar refractivity (Wildman–Crippen MR) is 97.2 cm³/mol. The molecule has 2 aliphatic heterocycles. The number of nitrogens with one attached hydrogen (secondary N) is 1. The van der Waals surface area contributed by atoms with Crippen molar-refractivity contribution in [3.8, 4) is 5.75 Å². The van der Waals surface area contributed by atoms with Crippen LogP contribution in [0.5, 0.6) is 5.75 Å². The van der Waals surface area contributed by atoms with E-state index in [1.807, 2.05) is 6.07 Å². The van der Waals surface area contributed by atoms with Gasteiger partial charge in [-0.15, -0.1) is 5.10 Å². The molecule has 9 heteroatoms. The molecule has 1 aromatic heterocycles. The minimum Gasteiger partial charge on any atom is -0.495 e. The van der Waals surface area contributed by atoms with Gasteiger partial charge in [-0.1, -0.05) is 11.6 Å². The average molecular weight is 378 g/mol. The summed E-state index contributed by atoms with van der Waals surface area (Å²) in [7, 11) is 1.58. The number of rotatable bonds is 4. The van der Waals surface area contributed by atoms with Crippen LogP contribution in [0.2, 0.25) is 5.02 Å². The number of hydrogen-bond acceptors (Lipinski definition) is 8. The number of hydrogen-bond donors (Lipinski definition) is 1. The van der Waals surface area contributed by atoms with E-state index in [0.717, 1.165) is 31.6 Å². The van der Waals surface area contributed by atoms with E-state index in [0.29, 0.717) is 35.8 Å². The van der Waals surface area contributed by atoms with E-state index in [-0.39, 0.29) is 0 Å². The maximum Gasteiger partial charge on any atom is 0.247 e. The number of halogens is 1. The standard InChI is InChI=1S/C17H20ClN5O3/c1-24-14-3-2-12(10-13(14)18)20-15-11-19-22-16(21-15)23-6-4-17(5-7-23)25-8-9-26-17/h2-3,10-11H,4-9H2,1H3,(H,20,21,22). The Morgan fingerprint density at radius 3 is 2.69 bits per heavy atom. The molecule has 1 aromatic carbocycles. The molecule has 138 valence electrons. The molecule has 0 radical (unpaired) electrons. The maximum atomic E-state index is 6.16. The number of anilines is 3. The largest absolute Gasteiger partial charge is 0.495 e. The van der Waals surface area contributed by atoms with E-state index in [9.17, 15) is 0 Å². The Hall–Kier alpha value is -2.16. The summed E-state index contributed by atoms with van der Waals surface area (Å²) in [6.07, 6.45) is 3.17. The molecule has 2 aliphatic rings. The number of nitrogens with zero attached hydrogens (tertiary/aromatic N) is 4. The zero-order chi connectivity index (χ0) is 18.0. The van der Waals surface area contributed by atoms with Crippen LogP contribution in [0.1, 0.15) is 12.8 Å². The molecule has 0 saturated carbocycles. The number of piperidine rings is 1. The summed E-state index contributed by atoms with van der Waals surface area (Å²) in [5, 5.41) is 11.9. The lowest BCUT2D eigenvalue weighted by Gasteiger charge is -2.37. The van der Waals surface area contributed by atoms with Gasteiger partial charge in [-0.05, 0) is 18.2 Å². The number of methoxy groups -OCH3 is 1. The lowest BCUT2D eigenvalue weighted by Crippen LogP contribution is -2.45. The molecular weight excluding hydrogens is 358 g/mol. The molecule has 0 amide bonds. The molecule has 8 nitrogen and oxygen atoms in total. The zero-order valence-electron chi connectivity index (χ0n) is 14.4.